The largest absolute Gasteiger partial charge is 0.305 e. The molecule has 2 nitrogen and oxygen atoms in total. The molecule has 6 aromatic rings. The van der Waals surface area contributed by atoms with E-state index in [4.69, 9.17) is 4.98 Å². The molecule has 4 aromatic carbocycles. The van der Waals surface area contributed by atoms with E-state index < -0.39 is 0 Å². The average Bonchev–Trinajstić information content (AvgIpc) is 3.21. The van der Waals surface area contributed by atoms with Crippen molar-refractivity contribution in [2.75, 3.05) is 0 Å². The van der Waals surface area contributed by atoms with Gasteiger partial charge in [-0.15, -0.1) is 70.8 Å². The van der Waals surface area contributed by atoms with Gasteiger partial charge >= 0.3 is 0 Å². The molecule has 0 aliphatic heterocycles. The van der Waals surface area contributed by atoms with Gasteiger partial charge in [-0.1, -0.05) is 82.3 Å². The van der Waals surface area contributed by atoms with Gasteiger partial charge in [0, 0.05) is 37.1 Å². The predicted octanol–water partition coefficient (Wildman–Crippen LogP) is 9.17. The number of aromatic nitrogens is 2. The van der Waals surface area contributed by atoms with Crippen molar-refractivity contribution in [1.29, 1.82) is 0 Å². The molecule has 1 aliphatic carbocycles. The normalized spacial score (nSPS) is 12.5. The van der Waals surface area contributed by atoms with Crippen molar-refractivity contribution in [3.63, 3.8) is 0 Å². The Balaban J connectivity index is 0.000000209. The zero-order valence-electron chi connectivity index (χ0n) is 23.1. The van der Waals surface area contributed by atoms with Gasteiger partial charge < -0.3 is 4.98 Å². The van der Waals surface area contributed by atoms with Crippen LogP contribution in [0.5, 0.6) is 0 Å². The maximum atomic E-state index is 5.15. The summed E-state index contributed by atoms with van der Waals surface area (Å²) in [5.74, 6) is 0. The Labute approximate surface area is 250 Å². The van der Waals surface area contributed by atoms with Gasteiger partial charge in [0.1, 0.15) is 0 Å². The van der Waals surface area contributed by atoms with Crippen LogP contribution in [-0.4, -0.2) is 9.97 Å². The number of fused-ring (bicyclic) bond motifs is 5. The summed E-state index contributed by atoms with van der Waals surface area (Å²) in [6.45, 7) is 8.89. The summed E-state index contributed by atoms with van der Waals surface area (Å²) in [7, 11) is 0. The molecule has 0 spiro atoms. The summed E-state index contributed by atoms with van der Waals surface area (Å²) in [5, 5.41) is 1.23. The van der Waals surface area contributed by atoms with E-state index >= 15 is 0 Å². The number of rotatable bonds is 2. The van der Waals surface area contributed by atoms with E-state index in [2.05, 4.69) is 105 Å². The first-order chi connectivity index (χ1) is 18.9. The van der Waals surface area contributed by atoms with Crippen LogP contribution in [0.4, 0.5) is 0 Å². The molecule has 2 aromatic heterocycles. The molecular weight excluding hydrogens is 665 g/mol. The molecule has 7 rings (SSSR count). The van der Waals surface area contributed by atoms with E-state index in [1.54, 1.807) is 6.20 Å². The molecular formula is C37H30IrN2-2. The fourth-order valence-electron chi connectivity index (χ4n) is 5.77. The van der Waals surface area contributed by atoms with Crippen LogP contribution in [0.2, 0.25) is 0 Å². The van der Waals surface area contributed by atoms with Gasteiger partial charge in [0.2, 0.25) is 0 Å². The number of aryl methyl sites for hydroxylation is 2. The molecule has 0 unspecified atom stereocenters. The molecule has 2 heterocycles. The second kappa shape index (κ2) is 11.3. The molecule has 0 saturated heterocycles. The van der Waals surface area contributed by atoms with E-state index in [9.17, 15) is 0 Å². The molecule has 40 heavy (non-hydrogen) atoms. The molecule has 0 fully saturated rings. The first kappa shape index (κ1) is 27.6. The van der Waals surface area contributed by atoms with E-state index in [1.807, 2.05) is 42.5 Å². The smallest absolute Gasteiger partial charge is 0.0601 e. The van der Waals surface area contributed by atoms with Crippen molar-refractivity contribution in [1.82, 2.24) is 9.97 Å². The van der Waals surface area contributed by atoms with Crippen LogP contribution >= 0.6 is 0 Å². The molecule has 0 amide bonds. The monoisotopic (exact) mass is 695 g/mol. The Bertz CT molecular complexity index is 1730. The number of para-hydroxylation sites is 1. The maximum Gasteiger partial charge on any atom is 0.0601 e. The summed E-state index contributed by atoms with van der Waals surface area (Å²) in [4.78, 5) is 9.36. The van der Waals surface area contributed by atoms with Crippen molar-refractivity contribution in [2.24, 2.45) is 0 Å². The average molecular weight is 695 g/mol. The second-order valence-electron chi connectivity index (χ2n) is 10.6. The molecule has 0 N–H and O–H groups in total. The maximum absolute atomic E-state index is 5.15. The third-order valence-corrected chi connectivity index (χ3v) is 7.44. The third kappa shape index (κ3) is 5.04. The summed E-state index contributed by atoms with van der Waals surface area (Å²) < 4.78 is 0. The molecule has 199 valence electrons. The minimum atomic E-state index is -0.0935. The number of pyridine rings is 2. The van der Waals surface area contributed by atoms with Crippen molar-refractivity contribution in [2.45, 2.75) is 33.1 Å². The fourth-order valence-corrected chi connectivity index (χ4v) is 5.77. The van der Waals surface area contributed by atoms with E-state index in [-0.39, 0.29) is 25.5 Å². The molecule has 3 heteroatoms. The number of hydrogen-bond donors (Lipinski definition) is 0. The van der Waals surface area contributed by atoms with E-state index in [0.29, 0.717) is 0 Å². The van der Waals surface area contributed by atoms with Crippen LogP contribution in [0.3, 0.4) is 0 Å². The van der Waals surface area contributed by atoms with E-state index in [1.165, 1.54) is 33.2 Å². The molecule has 0 bridgehead atoms. The van der Waals surface area contributed by atoms with Crippen LogP contribution in [0.15, 0.2) is 109 Å². The summed E-state index contributed by atoms with van der Waals surface area (Å²) in [6.07, 6.45) is 1.79. The van der Waals surface area contributed by atoms with Crippen molar-refractivity contribution < 1.29 is 20.1 Å². The second-order valence-corrected chi connectivity index (χ2v) is 10.6. The first-order valence-electron chi connectivity index (χ1n) is 13.4. The Morgan fingerprint density at radius 3 is 2.25 bits per heavy atom. The zero-order chi connectivity index (χ0) is 27.0. The number of benzene rings is 4. The quantitative estimate of drug-likeness (QED) is 0.169. The minimum Gasteiger partial charge on any atom is -0.305 e. The van der Waals surface area contributed by atoms with Crippen LogP contribution in [0, 0.1) is 26.0 Å². The van der Waals surface area contributed by atoms with Gasteiger partial charge in [0.05, 0.1) is 5.52 Å². The van der Waals surface area contributed by atoms with Crippen molar-refractivity contribution in [3.8, 4) is 33.6 Å². The van der Waals surface area contributed by atoms with Gasteiger partial charge in [0.15, 0.2) is 0 Å². The molecule has 1 radical (unpaired) electrons. The predicted molar refractivity (Wildman–Crippen MR) is 162 cm³/mol. The fraction of sp³-hybridized carbons (Fsp3) is 0.135. The third-order valence-electron chi connectivity index (χ3n) is 7.44. The van der Waals surface area contributed by atoms with Gasteiger partial charge in [-0.2, -0.15) is 0 Å². The molecule has 1 aliphatic rings. The first-order valence-corrected chi connectivity index (χ1v) is 13.4. The van der Waals surface area contributed by atoms with Gasteiger partial charge in [0.25, 0.3) is 0 Å². The SMILES string of the molecule is Cc1[c-]c(-c2nc3ccccc3c3c2C(C)(C)c2ccccc2-3)cc(C)c1.[Ir].[c-]1ccccc1-c1ccccn1. The van der Waals surface area contributed by atoms with Crippen LogP contribution in [0.1, 0.15) is 36.1 Å². The van der Waals surface area contributed by atoms with E-state index in [0.717, 1.165) is 33.6 Å². The number of hydrogen-bond acceptors (Lipinski definition) is 2. The van der Waals surface area contributed by atoms with Gasteiger partial charge in [-0.05, 0) is 45.8 Å². The number of nitrogens with zero attached hydrogens (tertiary/aromatic N) is 2. The van der Waals surface area contributed by atoms with Crippen LogP contribution < -0.4 is 0 Å². The molecule has 0 atom stereocenters. The summed E-state index contributed by atoms with van der Waals surface area (Å²) in [5.41, 5.74) is 12.9. The van der Waals surface area contributed by atoms with Gasteiger partial charge in [-0.25, -0.2) is 0 Å². The van der Waals surface area contributed by atoms with Crippen LogP contribution in [-0.2, 0) is 25.5 Å². The minimum absolute atomic E-state index is 0. The standard InChI is InChI=1S/C26H22N.C11H8N.Ir/c1-16-13-17(2)15-18(14-16)25-24-23(20-10-6-8-12-22(20)27-25)19-9-5-7-11-21(19)26(24,3)4;1-2-6-10(7-3-1)11-8-4-5-9-12-11;/h5-14H,1-4H3;1-6,8-9H;/q2*-1;. The Morgan fingerprint density at radius 2 is 1.50 bits per heavy atom. The Hall–Kier alpha value is -3.91. The van der Waals surface area contributed by atoms with Crippen LogP contribution in [0.25, 0.3) is 44.5 Å². The summed E-state index contributed by atoms with van der Waals surface area (Å²) >= 11 is 0. The topological polar surface area (TPSA) is 25.8 Å². The Kier molecular flexibility index (Phi) is 7.81. The van der Waals surface area contributed by atoms with Gasteiger partial charge in [-0.3, -0.25) is 4.98 Å². The summed E-state index contributed by atoms with van der Waals surface area (Å²) in [6, 6.07) is 42.1. The Morgan fingerprint density at radius 1 is 0.750 bits per heavy atom. The van der Waals surface area contributed by atoms with Crippen molar-refractivity contribution >= 4 is 10.9 Å². The molecule has 0 saturated carbocycles. The zero-order valence-corrected chi connectivity index (χ0v) is 25.5. The van der Waals surface area contributed by atoms with Crippen molar-refractivity contribution in [3.05, 3.63) is 144 Å².